The molecule has 26 heavy (non-hydrogen) atoms. The van der Waals surface area contributed by atoms with Crippen molar-refractivity contribution < 1.29 is 5.11 Å². The minimum absolute atomic E-state index is 0.495. The van der Waals surface area contributed by atoms with Gasteiger partial charge in [-0.25, -0.2) is 4.79 Å². The third-order valence-corrected chi connectivity index (χ3v) is 5.34. The number of H-pyrrole nitrogens is 1. The first-order chi connectivity index (χ1) is 12.3. The van der Waals surface area contributed by atoms with Gasteiger partial charge in [-0.1, -0.05) is 56.1 Å². The second-order valence-corrected chi connectivity index (χ2v) is 7.54. The van der Waals surface area contributed by atoms with Crippen molar-refractivity contribution in [3.8, 4) is 5.69 Å². The highest BCUT2D eigenvalue weighted by Crippen LogP contribution is 2.30. The van der Waals surface area contributed by atoms with Crippen molar-refractivity contribution in [2.75, 3.05) is 0 Å². The summed E-state index contributed by atoms with van der Waals surface area (Å²) in [6, 6.07) is 11.3. The fourth-order valence-corrected chi connectivity index (χ4v) is 3.98. The molecule has 0 saturated heterocycles. The van der Waals surface area contributed by atoms with Gasteiger partial charge in [0, 0.05) is 8.95 Å². The number of nitrogens with one attached hydrogen (secondary N) is 1. The fraction of sp³-hybridized carbons (Fsp3) is 0.167. The molecule has 3 aromatic rings. The molecule has 2 N–H and O–H groups in total. The molecule has 0 aliphatic rings. The summed E-state index contributed by atoms with van der Waals surface area (Å²) in [7, 11) is 0. The molecule has 2 aromatic carbocycles. The maximum absolute atomic E-state index is 11.9. The Morgan fingerprint density at radius 1 is 1.15 bits per heavy atom. The summed E-state index contributed by atoms with van der Waals surface area (Å²) in [4.78, 5) is 25.3. The van der Waals surface area contributed by atoms with Crippen LogP contribution in [0, 0.1) is 0 Å². The van der Waals surface area contributed by atoms with E-state index >= 15 is 0 Å². The average molecular weight is 481 g/mol. The van der Waals surface area contributed by atoms with Gasteiger partial charge in [-0.3, -0.25) is 9.78 Å². The molecule has 134 valence electrons. The van der Waals surface area contributed by atoms with Gasteiger partial charge in [0.2, 0.25) is 0 Å². The van der Waals surface area contributed by atoms with Crippen LogP contribution in [0.5, 0.6) is 0 Å². The third kappa shape index (κ3) is 4.03. The largest absolute Gasteiger partial charge is 0.389 e. The van der Waals surface area contributed by atoms with E-state index in [0.717, 1.165) is 36.5 Å². The number of aliphatic hydroxyl groups excluding tert-OH is 1. The fourth-order valence-electron chi connectivity index (χ4n) is 2.54. The van der Waals surface area contributed by atoms with Gasteiger partial charge in [0.05, 0.1) is 11.8 Å². The van der Waals surface area contributed by atoms with Crippen molar-refractivity contribution in [3.05, 3.63) is 89.1 Å². The number of aromatic amines is 1. The van der Waals surface area contributed by atoms with Crippen LogP contribution in [0.25, 0.3) is 5.69 Å². The highest BCUT2D eigenvalue weighted by atomic mass is 79.9. The number of hydrogen-bond donors (Lipinski definition) is 2. The zero-order valence-corrected chi connectivity index (χ0v) is 16.9. The number of aliphatic hydroxyl groups is 1. The van der Waals surface area contributed by atoms with Crippen LogP contribution in [-0.2, 0) is 6.42 Å². The predicted molar refractivity (Wildman–Crippen MR) is 106 cm³/mol. The summed E-state index contributed by atoms with van der Waals surface area (Å²) < 4.78 is 2.74. The van der Waals surface area contributed by atoms with Crippen LogP contribution < -0.4 is 11.2 Å². The number of halogens is 2. The molecule has 0 bridgehead atoms. The molecule has 1 heterocycles. The average Bonchev–Trinajstić information content (AvgIpc) is 2.58. The van der Waals surface area contributed by atoms with E-state index in [1.165, 1.54) is 0 Å². The molecule has 8 heteroatoms. The van der Waals surface area contributed by atoms with E-state index in [4.69, 9.17) is 0 Å². The van der Waals surface area contributed by atoms with Crippen molar-refractivity contribution in [1.29, 1.82) is 0 Å². The molecular formula is C18H15Br2N3O3. The minimum atomic E-state index is -0.599. The number of aromatic nitrogens is 3. The monoisotopic (exact) mass is 479 g/mol. The van der Waals surface area contributed by atoms with E-state index < -0.39 is 17.4 Å². The zero-order valence-electron chi connectivity index (χ0n) is 13.7. The van der Waals surface area contributed by atoms with Gasteiger partial charge in [-0.05, 0) is 42.2 Å². The number of hydrogen-bond acceptors (Lipinski definition) is 4. The van der Waals surface area contributed by atoms with Gasteiger partial charge in [0.15, 0.2) is 0 Å². The first-order valence-electron chi connectivity index (χ1n) is 7.79. The molecule has 0 aliphatic carbocycles. The lowest BCUT2D eigenvalue weighted by Gasteiger charge is -2.12. The summed E-state index contributed by atoms with van der Waals surface area (Å²) in [5.41, 5.74) is 2.35. The molecule has 1 unspecified atom stereocenters. The van der Waals surface area contributed by atoms with E-state index in [0.29, 0.717) is 12.1 Å². The van der Waals surface area contributed by atoms with Gasteiger partial charge in [0.1, 0.15) is 6.20 Å². The first-order valence-corrected chi connectivity index (χ1v) is 9.37. The van der Waals surface area contributed by atoms with Crippen LogP contribution in [-0.4, -0.2) is 19.9 Å². The minimum Gasteiger partial charge on any atom is -0.389 e. The van der Waals surface area contributed by atoms with Crippen molar-refractivity contribution in [2.45, 2.75) is 19.4 Å². The molecule has 6 nitrogen and oxygen atoms in total. The Bertz CT molecular complexity index is 1030. The van der Waals surface area contributed by atoms with Crippen LogP contribution >= 0.6 is 31.9 Å². The summed E-state index contributed by atoms with van der Waals surface area (Å²) >= 11 is 7.09. The van der Waals surface area contributed by atoms with Gasteiger partial charge < -0.3 is 5.11 Å². The maximum atomic E-state index is 11.9. The highest BCUT2D eigenvalue weighted by molar-refractivity contribution is 9.11. The van der Waals surface area contributed by atoms with Crippen molar-refractivity contribution in [2.24, 2.45) is 0 Å². The van der Waals surface area contributed by atoms with Gasteiger partial charge in [-0.15, -0.1) is 0 Å². The van der Waals surface area contributed by atoms with Crippen molar-refractivity contribution in [3.63, 3.8) is 0 Å². The third-order valence-electron chi connectivity index (χ3n) is 3.93. The second-order valence-electron chi connectivity index (χ2n) is 5.83. The molecule has 1 aromatic heterocycles. The molecule has 1 atom stereocenters. The summed E-state index contributed by atoms with van der Waals surface area (Å²) in [5.74, 6) is 0. The molecule has 0 saturated carbocycles. The van der Waals surface area contributed by atoms with Gasteiger partial charge in [-0.2, -0.15) is 9.78 Å². The molecule has 0 spiro atoms. The van der Waals surface area contributed by atoms with E-state index in [1.807, 2.05) is 24.3 Å². The van der Waals surface area contributed by atoms with Crippen LogP contribution in [0.2, 0.25) is 0 Å². The Morgan fingerprint density at radius 3 is 2.31 bits per heavy atom. The lowest BCUT2D eigenvalue weighted by Crippen LogP contribution is -2.30. The first kappa shape index (κ1) is 18.8. The Kier molecular flexibility index (Phi) is 5.55. The SMILES string of the molecule is CC(O)c1ccc(Cc2c(Br)cc(-n3ncc(=O)[nH]c3=O)cc2Br)cc1. The van der Waals surface area contributed by atoms with Crippen LogP contribution in [0.1, 0.15) is 29.7 Å². The van der Waals surface area contributed by atoms with Crippen LogP contribution in [0.4, 0.5) is 0 Å². The second kappa shape index (κ2) is 7.69. The standard InChI is InChI=1S/C18H15Br2N3O3/c1-10(24)12-4-2-11(3-5-12)6-14-15(19)7-13(8-16(14)20)23-18(26)22-17(25)9-21-23/h2-5,7-10,24H,6H2,1H3,(H,22,25,26). The highest BCUT2D eigenvalue weighted by Gasteiger charge is 2.12. The normalized spacial score (nSPS) is 12.2. The molecule has 0 radical (unpaired) electrons. The van der Waals surface area contributed by atoms with Crippen molar-refractivity contribution >= 4 is 31.9 Å². The van der Waals surface area contributed by atoms with E-state index in [-0.39, 0.29) is 0 Å². The van der Waals surface area contributed by atoms with Gasteiger partial charge in [0.25, 0.3) is 5.56 Å². The molecule has 0 aliphatic heterocycles. The molecular weight excluding hydrogens is 466 g/mol. The molecule has 0 fully saturated rings. The topological polar surface area (TPSA) is 88.0 Å². The summed E-state index contributed by atoms with van der Waals surface area (Å²) in [6.45, 7) is 1.73. The lowest BCUT2D eigenvalue weighted by molar-refractivity contribution is 0.199. The van der Waals surface area contributed by atoms with Gasteiger partial charge >= 0.3 is 5.69 Å². The van der Waals surface area contributed by atoms with Crippen molar-refractivity contribution in [1.82, 2.24) is 14.8 Å². The Morgan fingerprint density at radius 2 is 1.77 bits per heavy atom. The quantitative estimate of drug-likeness (QED) is 0.600. The predicted octanol–water partition coefficient (Wildman–Crippen LogP) is 3.09. The van der Waals surface area contributed by atoms with E-state index in [9.17, 15) is 14.7 Å². The number of rotatable bonds is 4. The molecule has 0 amide bonds. The van der Waals surface area contributed by atoms with E-state index in [1.54, 1.807) is 19.1 Å². The maximum Gasteiger partial charge on any atom is 0.349 e. The lowest BCUT2D eigenvalue weighted by atomic mass is 10.0. The number of benzene rings is 2. The Balaban J connectivity index is 1.94. The Labute approximate surface area is 165 Å². The van der Waals surface area contributed by atoms with E-state index in [2.05, 4.69) is 41.9 Å². The summed E-state index contributed by atoms with van der Waals surface area (Å²) in [5, 5.41) is 13.5. The summed E-state index contributed by atoms with van der Waals surface area (Å²) in [6.07, 6.45) is 1.22. The smallest absolute Gasteiger partial charge is 0.349 e. The Hall–Kier alpha value is -2.03. The van der Waals surface area contributed by atoms with Crippen LogP contribution in [0.15, 0.2) is 61.1 Å². The number of nitrogens with zero attached hydrogens (tertiary/aromatic N) is 2. The molecule has 3 rings (SSSR count). The zero-order chi connectivity index (χ0) is 18.8. The van der Waals surface area contributed by atoms with Crippen LogP contribution in [0.3, 0.4) is 0 Å².